The molecule has 0 aliphatic heterocycles. The van der Waals surface area contributed by atoms with Gasteiger partial charge in [0.05, 0.1) is 49.0 Å². The average Bonchev–Trinajstić information content (AvgIpc) is 3.94. The molecule has 0 N–H and O–H groups in total. The normalized spacial score (nSPS) is 12.2. The van der Waals surface area contributed by atoms with Gasteiger partial charge in [0.15, 0.2) is 0 Å². The average molecular weight is 681 g/mol. The Bertz CT molecular complexity index is 3370. The van der Waals surface area contributed by atoms with Gasteiger partial charge in [-0.2, -0.15) is 0 Å². The molecule has 52 heavy (non-hydrogen) atoms. The van der Waals surface area contributed by atoms with Crippen LogP contribution in [0.3, 0.4) is 0 Å². The third kappa shape index (κ3) is 3.72. The molecule has 5 heterocycles. The van der Waals surface area contributed by atoms with Crippen molar-refractivity contribution in [1.82, 2.24) is 18.7 Å². The molecular weight excluding hydrogens is 653 g/mol. The van der Waals surface area contributed by atoms with E-state index in [4.69, 9.17) is 4.98 Å². The lowest BCUT2D eigenvalue weighted by molar-refractivity contribution is 1.16. The highest BCUT2D eigenvalue weighted by atomic mass is 32.1. The van der Waals surface area contributed by atoms with Crippen molar-refractivity contribution in [1.29, 1.82) is 0 Å². The van der Waals surface area contributed by atoms with Crippen LogP contribution in [0.15, 0.2) is 170 Å². The first-order valence-electron chi connectivity index (χ1n) is 17.6. The van der Waals surface area contributed by atoms with Crippen LogP contribution in [-0.2, 0) is 0 Å². The molecule has 0 bridgehead atoms. The van der Waals surface area contributed by atoms with Crippen molar-refractivity contribution in [2.45, 2.75) is 0 Å². The van der Waals surface area contributed by atoms with E-state index in [0.29, 0.717) is 0 Å². The molecule has 242 valence electrons. The van der Waals surface area contributed by atoms with E-state index in [1.165, 1.54) is 85.9 Å². The highest BCUT2D eigenvalue weighted by Crippen LogP contribution is 2.42. The monoisotopic (exact) mass is 680 g/mol. The SMILES string of the molecule is c1ccc2c(c1)sc1c(-n3c4ccccc4c4cc(-n5c6ccccc6c6cc(-n7c8ccccc8c8ccccc87)ccc65)ccc43)ccnc12. The van der Waals surface area contributed by atoms with Gasteiger partial charge in [-0.25, -0.2) is 0 Å². The quantitative estimate of drug-likeness (QED) is 0.182. The van der Waals surface area contributed by atoms with Gasteiger partial charge in [0.2, 0.25) is 0 Å². The van der Waals surface area contributed by atoms with E-state index in [1.54, 1.807) is 0 Å². The molecule has 5 aromatic heterocycles. The van der Waals surface area contributed by atoms with Crippen molar-refractivity contribution in [2.75, 3.05) is 0 Å². The second-order valence-electron chi connectivity index (χ2n) is 13.6. The van der Waals surface area contributed by atoms with Crippen LogP contribution in [0, 0.1) is 0 Å². The fraction of sp³-hybridized carbons (Fsp3) is 0. The minimum atomic E-state index is 1.06. The highest BCUT2D eigenvalue weighted by molar-refractivity contribution is 7.26. The number of para-hydroxylation sites is 4. The van der Waals surface area contributed by atoms with Crippen LogP contribution in [0.5, 0.6) is 0 Å². The van der Waals surface area contributed by atoms with Gasteiger partial charge in [0.1, 0.15) is 0 Å². The zero-order chi connectivity index (χ0) is 33.9. The summed E-state index contributed by atoms with van der Waals surface area (Å²) in [6, 6.07) is 59.7. The number of aromatic nitrogens is 4. The molecule has 0 aliphatic rings. The summed E-state index contributed by atoms with van der Waals surface area (Å²) in [5.41, 5.74) is 11.7. The second kappa shape index (κ2) is 10.4. The Morgan fingerprint density at radius 3 is 1.35 bits per heavy atom. The van der Waals surface area contributed by atoms with Gasteiger partial charge in [-0.1, -0.05) is 91.0 Å². The molecule has 0 spiro atoms. The van der Waals surface area contributed by atoms with Crippen molar-refractivity contribution in [3.05, 3.63) is 170 Å². The third-order valence-electron chi connectivity index (χ3n) is 10.9. The number of hydrogen-bond acceptors (Lipinski definition) is 2. The minimum absolute atomic E-state index is 1.06. The van der Waals surface area contributed by atoms with E-state index in [0.717, 1.165) is 16.9 Å². The highest BCUT2D eigenvalue weighted by Gasteiger charge is 2.20. The van der Waals surface area contributed by atoms with Crippen LogP contribution in [0.25, 0.3) is 103 Å². The van der Waals surface area contributed by atoms with Gasteiger partial charge in [-0.15, -0.1) is 11.3 Å². The van der Waals surface area contributed by atoms with E-state index >= 15 is 0 Å². The molecule has 0 atom stereocenters. The molecule has 7 aromatic carbocycles. The molecule has 12 rings (SSSR count). The summed E-state index contributed by atoms with van der Waals surface area (Å²) in [6.45, 7) is 0. The molecular formula is C47H28N4S. The zero-order valence-electron chi connectivity index (χ0n) is 27.9. The molecule has 0 fully saturated rings. The molecule has 12 aromatic rings. The Labute approximate surface area is 301 Å². The number of hydrogen-bond donors (Lipinski definition) is 0. The van der Waals surface area contributed by atoms with Crippen LogP contribution >= 0.6 is 11.3 Å². The lowest BCUT2D eigenvalue weighted by Gasteiger charge is -2.12. The van der Waals surface area contributed by atoms with Gasteiger partial charge >= 0.3 is 0 Å². The molecule has 0 saturated heterocycles. The molecule has 0 amide bonds. The largest absolute Gasteiger partial charge is 0.309 e. The molecule has 0 unspecified atom stereocenters. The van der Waals surface area contributed by atoms with E-state index in [9.17, 15) is 0 Å². The van der Waals surface area contributed by atoms with Crippen molar-refractivity contribution in [3.8, 4) is 17.1 Å². The van der Waals surface area contributed by atoms with E-state index in [2.05, 4.69) is 177 Å². The summed E-state index contributed by atoms with van der Waals surface area (Å²) < 4.78 is 9.73. The summed E-state index contributed by atoms with van der Waals surface area (Å²) in [7, 11) is 0. The Balaban J connectivity index is 1.10. The molecule has 4 nitrogen and oxygen atoms in total. The Morgan fingerprint density at radius 2 is 0.788 bits per heavy atom. The van der Waals surface area contributed by atoms with Gasteiger partial charge in [0, 0.05) is 60.0 Å². The summed E-state index contributed by atoms with van der Waals surface area (Å²) in [4.78, 5) is 4.85. The maximum absolute atomic E-state index is 4.85. The Morgan fingerprint density at radius 1 is 0.365 bits per heavy atom. The Kier molecular flexibility index (Phi) is 5.62. The van der Waals surface area contributed by atoms with E-state index in [1.807, 2.05) is 17.5 Å². The van der Waals surface area contributed by atoms with Crippen LogP contribution in [0.4, 0.5) is 0 Å². The molecule has 0 aliphatic carbocycles. The summed E-state index contributed by atoms with van der Waals surface area (Å²) >= 11 is 1.82. The van der Waals surface area contributed by atoms with Gasteiger partial charge in [-0.05, 0) is 72.8 Å². The number of nitrogens with zero attached hydrogens (tertiary/aromatic N) is 4. The summed E-state index contributed by atoms with van der Waals surface area (Å²) in [5, 5.41) is 8.70. The number of rotatable bonds is 3. The van der Waals surface area contributed by atoms with Crippen molar-refractivity contribution in [2.24, 2.45) is 0 Å². The fourth-order valence-corrected chi connectivity index (χ4v) is 9.87. The van der Waals surface area contributed by atoms with Crippen molar-refractivity contribution < 1.29 is 0 Å². The smallest absolute Gasteiger partial charge is 0.0909 e. The second-order valence-corrected chi connectivity index (χ2v) is 14.6. The molecule has 5 heteroatoms. The minimum Gasteiger partial charge on any atom is -0.309 e. The summed E-state index contributed by atoms with van der Waals surface area (Å²) in [5.74, 6) is 0. The van der Waals surface area contributed by atoms with Gasteiger partial charge in [0.25, 0.3) is 0 Å². The number of fused-ring (bicyclic) bond motifs is 12. The van der Waals surface area contributed by atoms with Crippen LogP contribution < -0.4 is 0 Å². The summed E-state index contributed by atoms with van der Waals surface area (Å²) in [6.07, 6.45) is 1.96. The standard InChI is InChI=1S/C47H28N4S/c1-6-16-38-31(11-1)32-12-2-7-17-39(32)49(38)29-21-23-42-36(27-29)33-13-3-8-18-40(33)50(42)30-22-24-43-37(28-30)34-14-4-9-19-41(34)51(43)44-25-26-48-46-35-15-5-10-20-45(35)52-47(44)46/h1-28H. The first-order valence-corrected chi connectivity index (χ1v) is 18.5. The lowest BCUT2D eigenvalue weighted by atomic mass is 10.1. The van der Waals surface area contributed by atoms with Crippen LogP contribution in [0.1, 0.15) is 0 Å². The zero-order valence-corrected chi connectivity index (χ0v) is 28.7. The first-order chi connectivity index (χ1) is 25.8. The van der Waals surface area contributed by atoms with Crippen molar-refractivity contribution in [3.63, 3.8) is 0 Å². The van der Waals surface area contributed by atoms with Crippen LogP contribution in [-0.4, -0.2) is 18.7 Å². The predicted octanol–water partition coefficient (Wildman–Crippen LogP) is 12.7. The maximum Gasteiger partial charge on any atom is 0.0909 e. The Hall–Kier alpha value is -6.69. The number of pyridine rings is 1. The lowest BCUT2D eigenvalue weighted by Crippen LogP contribution is -1.97. The topological polar surface area (TPSA) is 27.7 Å². The van der Waals surface area contributed by atoms with E-state index < -0.39 is 0 Å². The van der Waals surface area contributed by atoms with Crippen molar-refractivity contribution >= 4 is 97.1 Å². The molecule has 0 saturated carbocycles. The number of thiophene rings is 1. The number of benzene rings is 7. The maximum atomic E-state index is 4.85. The van der Waals surface area contributed by atoms with Gasteiger partial charge < -0.3 is 13.7 Å². The predicted molar refractivity (Wildman–Crippen MR) is 220 cm³/mol. The van der Waals surface area contributed by atoms with Gasteiger partial charge in [-0.3, -0.25) is 4.98 Å². The molecule has 0 radical (unpaired) electrons. The third-order valence-corrected chi connectivity index (χ3v) is 12.1. The fourth-order valence-electron chi connectivity index (χ4n) is 8.71. The van der Waals surface area contributed by atoms with E-state index in [-0.39, 0.29) is 0 Å². The first kappa shape index (κ1) is 28.1. The van der Waals surface area contributed by atoms with Crippen LogP contribution in [0.2, 0.25) is 0 Å².